The second-order valence-corrected chi connectivity index (χ2v) is 3.48. The van der Waals surface area contributed by atoms with Gasteiger partial charge in [0.25, 0.3) is 0 Å². The van der Waals surface area contributed by atoms with Crippen LogP contribution in [0.15, 0.2) is 24.3 Å². The van der Waals surface area contributed by atoms with Gasteiger partial charge in [-0.3, -0.25) is 14.9 Å². The van der Waals surface area contributed by atoms with E-state index in [2.05, 4.69) is 5.32 Å². The number of halogens is 1. The van der Waals surface area contributed by atoms with Crippen molar-refractivity contribution in [2.45, 2.75) is 12.3 Å². The number of hydrogen-bond acceptors (Lipinski definition) is 4. The highest BCUT2D eigenvalue weighted by atomic mass is 19.1. The summed E-state index contributed by atoms with van der Waals surface area (Å²) in [6, 6.07) is 5.77. The first-order valence-electron chi connectivity index (χ1n) is 4.84. The third-order valence-electron chi connectivity index (χ3n) is 2.40. The zero-order chi connectivity index (χ0) is 11.5. The predicted molar refractivity (Wildman–Crippen MR) is 53.1 cm³/mol. The summed E-state index contributed by atoms with van der Waals surface area (Å²) in [5.41, 5.74) is 0.725. The van der Waals surface area contributed by atoms with Crippen LogP contribution < -0.4 is 5.32 Å². The molecular formula is C11H10FNO3. The van der Waals surface area contributed by atoms with E-state index < -0.39 is 18.1 Å². The van der Waals surface area contributed by atoms with Crippen molar-refractivity contribution in [2.24, 2.45) is 0 Å². The molecule has 0 bridgehead atoms. The van der Waals surface area contributed by atoms with E-state index in [4.69, 9.17) is 4.74 Å². The number of nitrogens with one attached hydrogen (secondary N) is 1. The normalized spacial score (nSPS) is 24.3. The molecule has 5 heteroatoms. The number of aldehydes is 1. The predicted octanol–water partition coefficient (Wildman–Crippen LogP) is 0.581. The van der Waals surface area contributed by atoms with E-state index in [0.717, 1.165) is 5.56 Å². The monoisotopic (exact) mass is 223 g/mol. The van der Waals surface area contributed by atoms with Crippen molar-refractivity contribution in [3.8, 4) is 0 Å². The second kappa shape index (κ2) is 4.51. The molecule has 1 aromatic rings. The Balaban J connectivity index is 2.06. The quantitative estimate of drug-likeness (QED) is 0.601. The van der Waals surface area contributed by atoms with Crippen LogP contribution in [0.2, 0.25) is 0 Å². The maximum Gasteiger partial charge on any atom is 0.225 e. The van der Waals surface area contributed by atoms with Crippen LogP contribution in [-0.4, -0.2) is 24.7 Å². The summed E-state index contributed by atoms with van der Waals surface area (Å²) in [5.74, 6) is -0.917. The van der Waals surface area contributed by atoms with Crippen LogP contribution in [0.5, 0.6) is 0 Å². The fourth-order valence-electron chi connectivity index (χ4n) is 1.55. The van der Waals surface area contributed by atoms with Crippen molar-refractivity contribution in [3.05, 3.63) is 35.6 Å². The molecule has 0 aliphatic carbocycles. The van der Waals surface area contributed by atoms with Gasteiger partial charge in [-0.2, -0.15) is 0 Å². The number of ketones is 1. The molecule has 0 amide bonds. The van der Waals surface area contributed by atoms with E-state index in [9.17, 15) is 14.0 Å². The molecule has 0 aromatic heterocycles. The molecule has 1 heterocycles. The number of rotatable bonds is 3. The molecule has 1 aromatic carbocycles. The topological polar surface area (TPSA) is 55.4 Å². The van der Waals surface area contributed by atoms with E-state index in [1.165, 1.54) is 12.1 Å². The van der Waals surface area contributed by atoms with E-state index in [-0.39, 0.29) is 12.1 Å². The maximum atomic E-state index is 12.7. The zero-order valence-corrected chi connectivity index (χ0v) is 8.35. The summed E-state index contributed by atoms with van der Waals surface area (Å²) < 4.78 is 18.0. The number of carbonyl (C=O) groups is 2. The summed E-state index contributed by atoms with van der Waals surface area (Å²) in [5, 5.41) is 2.93. The first-order chi connectivity index (χ1) is 7.70. The van der Waals surface area contributed by atoms with Crippen molar-refractivity contribution in [2.75, 3.05) is 6.54 Å². The first kappa shape index (κ1) is 10.9. The van der Waals surface area contributed by atoms with E-state index in [0.29, 0.717) is 6.54 Å². The lowest BCUT2D eigenvalue weighted by Crippen LogP contribution is -2.25. The highest BCUT2D eigenvalue weighted by Gasteiger charge is 2.30. The Labute approximate surface area is 91.4 Å². The maximum absolute atomic E-state index is 12.7. The summed E-state index contributed by atoms with van der Waals surface area (Å²) in [4.78, 5) is 21.3. The highest BCUT2D eigenvalue weighted by Crippen LogP contribution is 2.21. The van der Waals surface area contributed by atoms with Crippen LogP contribution in [0, 0.1) is 5.82 Å². The molecular weight excluding hydrogens is 213 g/mol. The lowest BCUT2D eigenvalue weighted by Gasteiger charge is -2.10. The molecule has 1 fully saturated rings. The van der Waals surface area contributed by atoms with Crippen LogP contribution in [-0.2, 0) is 14.3 Å². The molecule has 0 spiro atoms. The Morgan fingerprint density at radius 3 is 2.75 bits per heavy atom. The Morgan fingerprint density at radius 2 is 2.12 bits per heavy atom. The molecule has 84 valence electrons. The van der Waals surface area contributed by atoms with Gasteiger partial charge >= 0.3 is 0 Å². The van der Waals surface area contributed by atoms with E-state index in [1.807, 2.05) is 0 Å². The third-order valence-corrected chi connectivity index (χ3v) is 2.40. The molecule has 2 atom stereocenters. The lowest BCUT2D eigenvalue weighted by atomic mass is 10.2. The van der Waals surface area contributed by atoms with Crippen LogP contribution in [0.4, 0.5) is 4.39 Å². The minimum absolute atomic E-state index is 0.249. The summed E-state index contributed by atoms with van der Waals surface area (Å²) in [7, 11) is 0. The van der Waals surface area contributed by atoms with Crippen LogP contribution >= 0.6 is 0 Å². The van der Waals surface area contributed by atoms with Gasteiger partial charge < -0.3 is 4.74 Å². The van der Waals surface area contributed by atoms with Gasteiger partial charge in [0.05, 0.1) is 0 Å². The summed E-state index contributed by atoms with van der Waals surface area (Å²) in [6.45, 7) is 0.291. The molecule has 2 unspecified atom stereocenters. The van der Waals surface area contributed by atoms with Gasteiger partial charge in [-0.05, 0) is 17.7 Å². The number of carbonyl (C=O) groups excluding carboxylic acids is 2. The summed E-state index contributed by atoms with van der Waals surface area (Å²) in [6.07, 6.45) is -0.957. The van der Waals surface area contributed by atoms with Crippen LogP contribution in [0.3, 0.4) is 0 Å². The largest absolute Gasteiger partial charge is 0.346 e. The molecule has 16 heavy (non-hydrogen) atoms. The summed E-state index contributed by atoms with van der Waals surface area (Å²) >= 11 is 0. The van der Waals surface area contributed by atoms with Crippen LogP contribution in [0.1, 0.15) is 11.8 Å². The van der Waals surface area contributed by atoms with Gasteiger partial charge in [0.15, 0.2) is 6.29 Å². The average Bonchev–Trinajstić information content (AvgIpc) is 2.78. The average molecular weight is 223 g/mol. The smallest absolute Gasteiger partial charge is 0.225 e. The fraction of sp³-hybridized carbons (Fsp3) is 0.273. The Kier molecular flexibility index (Phi) is 3.07. The SMILES string of the molecule is O=CC(=O)C1CNC(c2ccc(F)cc2)O1. The van der Waals surface area contributed by atoms with Gasteiger partial charge in [0, 0.05) is 6.54 Å². The van der Waals surface area contributed by atoms with Crippen molar-refractivity contribution in [1.29, 1.82) is 0 Å². The number of Topliss-reactive ketones (excluding diaryl/α,β-unsaturated/α-hetero) is 1. The molecule has 1 saturated heterocycles. The van der Waals surface area contributed by atoms with Gasteiger partial charge in [-0.15, -0.1) is 0 Å². The van der Waals surface area contributed by atoms with Gasteiger partial charge in [-0.1, -0.05) is 12.1 Å². The molecule has 1 aliphatic heterocycles. The third kappa shape index (κ3) is 2.15. The van der Waals surface area contributed by atoms with Crippen molar-refractivity contribution in [1.82, 2.24) is 5.32 Å². The van der Waals surface area contributed by atoms with Crippen LogP contribution in [0.25, 0.3) is 0 Å². The molecule has 4 nitrogen and oxygen atoms in total. The molecule has 1 N–H and O–H groups in total. The number of ether oxygens (including phenoxy) is 1. The molecule has 0 saturated carbocycles. The van der Waals surface area contributed by atoms with Gasteiger partial charge in [0.1, 0.15) is 18.1 Å². The Morgan fingerprint density at radius 1 is 1.44 bits per heavy atom. The van der Waals surface area contributed by atoms with Crippen molar-refractivity contribution in [3.63, 3.8) is 0 Å². The molecule has 1 aliphatic rings. The lowest BCUT2D eigenvalue weighted by molar-refractivity contribution is -0.137. The zero-order valence-electron chi connectivity index (χ0n) is 8.35. The molecule has 2 rings (SSSR count). The van der Waals surface area contributed by atoms with Gasteiger partial charge in [0.2, 0.25) is 5.78 Å². The highest BCUT2D eigenvalue weighted by molar-refractivity contribution is 6.27. The number of hydrogen-bond donors (Lipinski definition) is 1. The fourth-order valence-corrected chi connectivity index (χ4v) is 1.55. The minimum atomic E-state index is -0.743. The van der Waals surface area contributed by atoms with Crippen molar-refractivity contribution >= 4 is 12.1 Å². The second-order valence-electron chi connectivity index (χ2n) is 3.48. The Hall–Kier alpha value is -1.59. The minimum Gasteiger partial charge on any atom is -0.346 e. The van der Waals surface area contributed by atoms with E-state index >= 15 is 0 Å². The van der Waals surface area contributed by atoms with Gasteiger partial charge in [-0.25, -0.2) is 4.39 Å². The molecule has 0 radical (unpaired) electrons. The Bertz CT molecular complexity index is 404. The van der Waals surface area contributed by atoms with Crippen molar-refractivity contribution < 1.29 is 18.7 Å². The van der Waals surface area contributed by atoms with E-state index in [1.54, 1.807) is 12.1 Å². The number of benzene rings is 1. The standard InChI is InChI=1S/C11H10FNO3/c12-8-3-1-7(2-4-8)11-13-5-10(16-11)9(15)6-14/h1-4,6,10-11,13H,5H2. The first-order valence-corrected chi connectivity index (χ1v) is 4.84.